The fraction of sp³-hybridized carbons (Fsp3) is 0.406. The van der Waals surface area contributed by atoms with Gasteiger partial charge in [-0.3, -0.25) is 0 Å². The predicted molar refractivity (Wildman–Crippen MR) is 150 cm³/mol. The molecule has 1 fully saturated rings. The number of hydrogen-bond donors (Lipinski definition) is 2. The van der Waals surface area contributed by atoms with E-state index in [4.69, 9.17) is 9.47 Å². The third-order valence-corrected chi connectivity index (χ3v) is 7.59. The second kappa shape index (κ2) is 10.6. The van der Waals surface area contributed by atoms with E-state index in [1.807, 2.05) is 32.9 Å². The van der Waals surface area contributed by atoms with Gasteiger partial charge in [-0.1, -0.05) is 36.4 Å². The Hall–Kier alpha value is -3.67. The van der Waals surface area contributed by atoms with Crippen molar-refractivity contribution in [2.24, 2.45) is 0 Å². The minimum atomic E-state index is -0.467. The molecule has 1 aliphatic carbocycles. The SMILES string of the molecule is COc1ccc(C2CCc3cc(O)ccc3C2)c(NCc2ccc(C3CN(C(=O)OC(C)(C)C)C3)cc2)c1. The van der Waals surface area contributed by atoms with Crippen LogP contribution in [-0.4, -0.2) is 41.9 Å². The zero-order valence-electron chi connectivity index (χ0n) is 22.8. The summed E-state index contributed by atoms with van der Waals surface area (Å²) in [5, 5.41) is 13.5. The van der Waals surface area contributed by atoms with Gasteiger partial charge in [0, 0.05) is 37.3 Å². The summed E-state index contributed by atoms with van der Waals surface area (Å²) in [4.78, 5) is 14.0. The smallest absolute Gasteiger partial charge is 0.410 e. The summed E-state index contributed by atoms with van der Waals surface area (Å²) < 4.78 is 11.0. The Bertz CT molecular complexity index is 1290. The number of methoxy groups -OCH3 is 1. The number of rotatable bonds is 6. The molecule has 3 aromatic carbocycles. The minimum Gasteiger partial charge on any atom is -0.508 e. The molecule has 0 spiro atoms. The number of nitrogens with one attached hydrogen (secondary N) is 1. The highest BCUT2D eigenvalue weighted by Crippen LogP contribution is 2.38. The van der Waals surface area contributed by atoms with Crippen LogP contribution < -0.4 is 10.1 Å². The molecule has 38 heavy (non-hydrogen) atoms. The summed E-state index contributed by atoms with van der Waals surface area (Å²) in [6.07, 6.45) is 2.75. The standard InChI is InChI=1S/C32H38N2O4/c1-32(2,3)38-31(36)34-19-26(20-34)22-7-5-21(6-8-22)18-33-30-17-28(37-4)13-14-29(30)25-10-9-24-16-27(35)12-11-23(24)15-25/h5-8,11-14,16-17,25-26,33,35H,9-10,15,18-20H2,1-4H3. The number of carbonyl (C=O) groups is 1. The fourth-order valence-corrected chi connectivity index (χ4v) is 5.45. The Morgan fingerprint density at radius 3 is 2.47 bits per heavy atom. The van der Waals surface area contributed by atoms with Crippen LogP contribution in [0.15, 0.2) is 60.7 Å². The van der Waals surface area contributed by atoms with Gasteiger partial charge in [0.2, 0.25) is 0 Å². The molecule has 200 valence electrons. The van der Waals surface area contributed by atoms with E-state index in [9.17, 15) is 9.90 Å². The van der Waals surface area contributed by atoms with Gasteiger partial charge >= 0.3 is 6.09 Å². The topological polar surface area (TPSA) is 71.0 Å². The van der Waals surface area contributed by atoms with Gasteiger partial charge in [0.25, 0.3) is 0 Å². The summed E-state index contributed by atoms with van der Waals surface area (Å²) in [5.74, 6) is 1.95. The number of anilines is 1. The van der Waals surface area contributed by atoms with Gasteiger partial charge in [-0.2, -0.15) is 0 Å². The minimum absolute atomic E-state index is 0.233. The van der Waals surface area contributed by atoms with Crippen molar-refractivity contribution in [3.8, 4) is 11.5 Å². The van der Waals surface area contributed by atoms with Crippen molar-refractivity contribution in [2.45, 2.75) is 64.0 Å². The Morgan fingerprint density at radius 2 is 1.76 bits per heavy atom. The van der Waals surface area contributed by atoms with E-state index in [1.165, 1.54) is 27.8 Å². The second-order valence-electron chi connectivity index (χ2n) is 11.5. The van der Waals surface area contributed by atoms with Crippen LogP contribution in [0.2, 0.25) is 0 Å². The number of ether oxygens (including phenoxy) is 2. The first-order valence-electron chi connectivity index (χ1n) is 13.5. The first-order valence-corrected chi connectivity index (χ1v) is 13.5. The predicted octanol–water partition coefficient (Wildman–Crippen LogP) is 6.62. The zero-order chi connectivity index (χ0) is 26.9. The summed E-state index contributed by atoms with van der Waals surface area (Å²) in [6, 6.07) is 20.8. The molecule has 5 rings (SSSR count). The lowest BCUT2D eigenvalue weighted by Crippen LogP contribution is -2.50. The molecular formula is C32H38N2O4. The number of carbonyl (C=O) groups excluding carboxylic acids is 1. The molecule has 1 atom stereocenters. The van der Waals surface area contributed by atoms with Crippen molar-refractivity contribution in [2.75, 3.05) is 25.5 Å². The summed E-state index contributed by atoms with van der Waals surface area (Å²) in [7, 11) is 1.70. The Kier molecular flexibility index (Phi) is 7.24. The Labute approximate surface area is 225 Å². The van der Waals surface area contributed by atoms with Gasteiger partial charge in [0.15, 0.2) is 0 Å². The molecular weight excluding hydrogens is 476 g/mol. The molecule has 1 amide bonds. The normalized spacial score (nSPS) is 17.4. The average Bonchev–Trinajstić information content (AvgIpc) is 2.86. The number of nitrogens with zero attached hydrogens (tertiary/aromatic N) is 1. The van der Waals surface area contributed by atoms with E-state index in [1.54, 1.807) is 18.1 Å². The van der Waals surface area contributed by atoms with E-state index in [0.717, 1.165) is 30.7 Å². The maximum atomic E-state index is 12.2. The Morgan fingerprint density at radius 1 is 1.00 bits per heavy atom. The third kappa shape index (κ3) is 5.90. The van der Waals surface area contributed by atoms with Crippen LogP contribution in [0, 0.1) is 0 Å². The van der Waals surface area contributed by atoms with Gasteiger partial charge < -0.3 is 24.8 Å². The van der Waals surface area contributed by atoms with Gasteiger partial charge in [-0.05, 0) is 92.0 Å². The van der Waals surface area contributed by atoms with Crippen LogP contribution in [-0.2, 0) is 24.1 Å². The number of aromatic hydroxyl groups is 1. The molecule has 0 aromatic heterocycles. The molecule has 2 aliphatic rings. The summed E-state index contributed by atoms with van der Waals surface area (Å²) in [5.41, 5.74) is 6.97. The highest BCUT2D eigenvalue weighted by atomic mass is 16.6. The Balaban J connectivity index is 1.22. The highest BCUT2D eigenvalue weighted by molar-refractivity contribution is 5.69. The first-order chi connectivity index (χ1) is 18.2. The van der Waals surface area contributed by atoms with E-state index >= 15 is 0 Å². The van der Waals surface area contributed by atoms with Crippen molar-refractivity contribution < 1.29 is 19.4 Å². The van der Waals surface area contributed by atoms with Crippen molar-refractivity contribution in [1.29, 1.82) is 0 Å². The molecule has 0 radical (unpaired) electrons. The third-order valence-electron chi connectivity index (χ3n) is 7.59. The van der Waals surface area contributed by atoms with Crippen LogP contribution >= 0.6 is 0 Å². The molecule has 3 aromatic rings. The van der Waals surface area contributed by atoms with Crippen molar-refractivity contribution >= 4 is 11.8 Å². The fourth-order valence-electron chi connectivity index (χ4n) is 5.45. The quantitative estimate of drug-likeness (QED) is 0.387. The summed E-state index contributed by atoms with van der Waals surface area (Å²) >= 11 is 0. The van der Waals surface area contributed by atoms with Crippen LogP contribution in [0.1, 0.15) is 66.8 Å². The molecule has 6 heteroatoms. The maximum Gasteiger partial charge on any atom is 0.410 e. The van der Waals surface area contributed by atoms with Crippen LogP contribution in [0.4, 0.5) is 10.5 Å². The maximum absolute atomic E-state index is 12.2. The monoisotopic (exact) mass is 514 g/mol. The van der Waals surface area contributed by atoms with Gasteiger partial charge in [-0.15, -0.1) is 0 Å². The highest BCUT2D eigenvalue weighted by Gasteiger charge is 2.34. The molecule has 6 nitrogen and oxygen atoms in total. The number of benzene rings is 3. The molecule has 1 unspecified atom stereocenters. The van der Waals surface area contributed by atoms with Gasteiger partial charge in [0.05, 0.1) is 7.11 Å². The van der Waals surface area contributed by atoms with Gasteiger partial charge in [0.1, 0.15) is 17.1 Å². The van der Waals surface area contributed by atoms with E-state index < -0.39 is 5.60 Å². The number of likely N-dealkylation sites (tertiary alicyclic amines) is 1. The lowest BCUT2D eigenvalue weighted by Gasteiger charge is -2.40. The second-order valence-corrected chi connectivity index (χ2v) is 11.5. The lowest BCUT2D eigenvalue weighted by atomic mass is 9.79. The number of phenols is 1. The van der Waals surface area contributed by atoms with E-state index in [0.29, 0.717) is 37.2 Å². The van der Waals surface area contributed by atoms with Crippen LogP contribution in [0.5, 0.6) is 11.5 Å². The first kappa shape index (κ1) is 26.0. The van der Waals surface area contributed by atoms with Crippen LogP contribution in [0.3, 0.4) is 0 Å². The van der Waals surface area contributed by atoms with Crippen molar-refractivity contribution in [1.82, 2.24) is 4.90 Å². The zero-order valence-corrected chi connectivity index (χ0v) is 22.8. The largest absolute Gasteiger partial charge is 0.508 e. The number of phenolic OH excluding ortho intramolecular Hbond substituents is 1. The van der Waals surface area contributed by atoms with E-state index in [2.05, 4.69) is 47.8 Å². The van der Waals surface area contributed by atoms with Crippen molar-refractivity contribution in [3.63, 3.8) is 0 Å². The van der Waals surface area contributed by atoms with Crippen molar-refractivity contribution in [3.05, 3.63) is 88.5 Å². The van der Waals surface area contributed by atoms with E-state index in [-0.39, 0.29) is 6.09 Å². The molecule has 2 N–H and O–H groups in total. The molecule has 0 saturated carbocycles. The molecule has 0 bridgehead atoms. The lowest BCUT2D eigenvalue weighted by molar-refractivity contribution is 0.00819. The number of amides is 1. The number of fused-ring (bicyclic) bond motifs is 1. The van der Waals surface area contributed by atoms with Gasteiger partial charge in [-0.25, -0.2) is 4.79 Å². The molecule has 1 aliphatic heterocycles. The average molecular weight is 515 g/mol. The van der Waals surface area contributed by atoms with Crippen LogP contribution in [0.25, 0.3) is 0 Å². The summed E-state index contributed by atoms with van der Waals surface area (Å²) in [6.45, 7) is 7.79. The number of hydrogen-bond acceptors (Lipinski definition) is 5. The molecule has 1 heterocycles. The molecule has 1 saturated heterocycles. The number of aryl methyl sites for hydroxylation is 1.